The molecule has 7 nitrogen and oxygen atoms in total. The zero-order valence-electron chi connectivity index (χ0n) is 15.9. The third kappa shape index (κ3) is 7.58. The van der Waals surface area contributed by atoms with Gasteiger partial charge in [0, 0.05) is 19.3 Å². The summed E-state index contributed by atoms with van der Waals surface area (Å²) < 4.78 is 32.2. The second-order valence-corrected chi connectivity index (χ2v) is 7.98. The molecule has 0 aromatic heterocycles. The first-order valence-corrected chi connectivity index (χ1v) is 10.7. The number of aliphatic carboxylic acids is 1. The summed E-state index contributed by atoms with van der Waals surface area (Å²) in [5.41, 5.74) is 2.87. The van der Waals surface area contributed by atoms with E-state index < -0.39 is 22.2 Å². The highest BCUT2D eigenvalue weighted by Gasteiger charge is 2.14. The van der Waals surface area contributed by atoms with E-state index in [1.54, 1.807) is 12.1 Å². The van der Waals surface area contributed by atoms with E-state index in [2.05, 4.69) is 5.32 Å². The van der Waals surface area contributed by atoms with Crippen LogP contribution in [0.4, 0.5) is 5.69 Å². The topological polar surface area (TPSA) is 102 Å². The van der Waals surface area contributed by atoms with Crippen LogP contribution in [0.1, 0.15) is 30.1 Å². The molecule has 0 saturated carbocycles. The van der Waals surface area contributed by atoms with E-state index in [9.17, 15) is 13.2 Å². The van der Waals surface area contributed by atoms with Crippen LogP contribution >= 0.6 is 0 Å². The predicted molar refractivity (Wildman–Crippen MR) is 107 cm³/mol. The first kappa shape index (κ1) is 21.7. The summed E-state index contributed by atoms with van der Waals surface area (Å²) in [6.07, 6.45) is 2.22. The van der Waals surface area contributed by atoms with Gasteiger partial charge in [-0.1, -0.05) is 24.3 Å². The van der Waals surface area contributed by atoms with Crippen molar-refractivity contribution in [2.45, 2.75) is 25.4 Å². The van der Waals surface area contributed by atoms with Crippen molar-refractivity contribution in [3.8, 4) is 5.75 Å². The van der Waals surface area contributed by atoms with E-state index >= 15 is 0 Å². The fraction of sp³-hybridized carbons (Fsp3) is 0.350. The van der Waals surface area contributed by atoms with Crippen molar-refractivity contribution < 1.29 is 27.2 Å². The van der Waals surface area contributed by atoms with Crippen LogP contribution < -0.4 is 9.50 Å². The van der Waals surface area contributed by atoms with E-state index in [0.717, 1.165) is 42.5 Å². The molecule has 0 heterocycles. The van der Waals surface area contributed by atoms with Gasteiger partial charge in [0.15, 0.2) is 0 Å². The molecule has 0 aliphatic carbocycles. The summed E-state index contributed by atoms with van der Waals surface area (Å²) in [6.45, 7) is 0.768. The quantitative estimate of drug-likeness (QED) is 0.435. The minimum atomic E-state index is -3.50. The van der Waals surface area contributed by atoms with E-state index in [1.807, 2.05) is 36.4 Å². The Morgan fingerprint density at radius 2 is 1.75 bits per heavy atom. The van der Waals surface area contributed by atoms with Gasteiger partial charge in [0.05, 0.1) is 18.8 Å². The summed E-state index contributed by atoms with van der Waals surface area (Å²) in [5.74, 6) is -0.591. The van der Waals surface area contributed by atoms with E-state index in [0.29, 0.717) is 5.75 Å². The van der Waals surface area contributed by atoms with Gasteiger partial charge in [0.1, 0.15) is 5.75 Å². The Kier molecular flexibility index (Phi) is 7.83. The molecule has 2 aromatic rings. The van der Waals surface area contributed by atoms with Crippen LogP contribution in [0, 0.1) is 0 Å². The minimum Gasteiger partial charge on any atom is -0.481 e. The maximum Gasteiger partial charge on any atom is 0.306 e. The third-order valence-electron chi connectivity index (χ3n) is 4.07. The SMILES string of the molecule is COC(CC(=O)O)c1ccc(NCCCc2ccc(OS(C)(=O)=O)cc2)cc1. The second-order valence-electron chi connectivity index (χ2n) is 6.41. The van der Waals surface area contributed by atoms with Crippen molar-refractivity contribution >= 4 is 21.8 Å². The van der Waals surface area contributed by atoms with Crippen LogP contribution in [0.5, 0.6) is 5.75 Å². The van der Waals surface area contributed by atoms with Gasteiger partial charge < -0.3 is 19.3 Å². The molecule has 0 amide bonds. The molecular weight excluding hydrogens is 382 g/mol. The first-order valence-electron chi connectivity index (χ1n) is 8.83. The summed E-state index contributed by atoms with van der Waals surface area (Å²) >= 11 is 0. The highest BCUT2D eigenvalue weighted by Crippen LogP contribution is 2.22. The molecule has 0 saturated heterocycles. The van der Waals surface area contributed by atoms with Gasteiger partial charge in [-0.25, -0.2) is 0 Å². The average Bonchev–Trinajstić information content (AvgIpc) is 2.64. The van der Waals surface area contributed by atoms with Crippen LogP contribution in [0.2, 0.25) is 0 Å². The largest absolute Gasteiger partial charge is 0.481 e. The monoisotopic (exact) mass is 407 g/mol. The molecule has 8 heteroatoms. The van der Waals surface area contributed by atoms with Gasteiger partial charge in [-0.15, -0.1) is 0 Å². The molecule has 0 aliphatic rings. The van der Waals surface area contributed by atoms with Gasteiger partial charge in [0.2, 0.25) is 0 Å². The standard InChI is InChI=1S/C20H25NO6S/c1-26-19(14-20(22)23)16-7-9-17(10-8-16)21-13-3-4-15-5-11-18(12-6-15)27-28(2,24)25/h5-12,19,21H,3-4,13-14H2,1-2H3,(H,22,23). The summed E-state index contributed by atoms with van der Waals surface area (Å²) in [6, 6.07) is 14.5. The van der Waals surface area contributed by atoms with Crippen LogP contribution in [0.3, 0.4) is 0 Å². The maximum absolute atomic E-state index is 11.1. The Hall–Kier alpha value is -2.58. The number of nitrogens with one attached hydrogen (secondary N) is 1. The Morgan fingerprint density at radius 3 is 2.29 bits per heavy atom. The minimum absolute atomic E-state index is 0.0721. The maximum atomic E-state index is 11.1. The third-order valence-corrected chi connectivity index (χ3v) is 4.56. The Balaban J connectivity index is 1.78. The fourth-order valence-electron chi connectivity index (χ4n) is 2.72. The van der Waals surface area contributed by atoms with Gasteiger partial charge >= 0.3 is 16.1 Å². The van der Waals surface area contributed by atoms with Gasteiger partial charge in [0.25, 0.3) is 0 Å². The summed E-state index contributed by atoms with van der Waals surface area (Å²) in [5, 5.41) is 12.2. The highest BCUT2D eigenvalue weighted by molar-refractivity contribution is 7.86. The lowest BCUT2D eigenvalue weighted by Gasteiger charge is -2.14. The highest BCUT2D eigenvalue weighted by atomic mass is 32.2. The molecule has 28 heavy (non-hydrogen) atoms. The lowest BCUT2D eigenvalue weighted by Crippen LogP contribution is -2.08. The Labute approximate surface area is 165 Å². The molecule has 2 aromatic carbocycles. The molecule has 2 rings (SSSR count). The van der Waals surface area contributed by atoms with Crippen molar-refractivity contribution in [3.63, 3.8) is 0 Å². The Bertz CT molecular complexity index is 863. The summed E-state index contributed by atoms with van der Waals surface area (Å²) in [7, 11) is -2.01. The number of carbonyl (C=O) groups is 1. The lowest BCUT2D eigenvalue weighted by molar-refractivity contribution is -0.139. The van der Waals surface area contributed by atoms with E-state index in [1.165, 1.54) is 7.11 Å². The molecule has 2 N–H and O–H groups in total. The van der Waals surface area contributed by atoms with Crippen molar-refractivity contribution in [2.75, 3.05) is 25.2 Å². The zero-order valence-corrected chi connectivity index (χ0v) is 16.7. The van der Waals surface area contributed by atoms with Crippen molar-refractivity contribution in [3.05, 3.63) is 59.7 Å². The lowest BCUT2D eigenvalue weighted by atomic mass is 10.1. The second kappa shape index (κ2) is 10.1. The smallest absolute Gasteiger partial charge is 0.306 e. The van der Waals surface area contributed by atoms with Crippen LogP contribution in [0.25, 0.3) is 0 Å². The molecule has 1 atom stereocenters. The number of aryl methyl sites for hydroxylation is 1. The fourth-order valence-corrected chi connectivity index (χ4v) is 3.18. The number of rotatable bonds is 11. The molecular formula is C20H25NO6S. The van der Waals surface area contributed by atoms with Crippen LogP contribution in [0.15, 0.2) is 48.5 Å². The summed E-state index contributed by atoms with van der Waals surface area (Å²) in [4.78, 5) is 10.9. The van der Waals surface area contributed by atoms with Crippen LogP contribution in [-0.2, 0) is 26.1 Å². The number of hydrogen-bond donors (Lipinski definition) is 2. The normalized spacial score (nSPS) is 12.4. The number of carboxylic acid groups (broad SMARTS) is 1. The predicted octanol–water partition coefficient (Wildman–Crippen LogP) is 3.23. The molecule has 152 valence electrons. The van der Waals surface area contributed by atoms with Crippen molar-refractivity contribution in [1.82, 2.24) is 0 Å². The number of benzene rings is 2. The van der Waals surface area contributed by atoms with E-state index in [4.69, 9.17) is 14.0 Å². The molecule has 0 bridgehead atoms. The number of ether oxygens (including phenoxy) is 1. The molecule has 0 radical (unpaired) electrons. The van der Waals surface area contributed by atoms with Gasteiger partial charge in [-0.3, -0.25) is 4.79 Å². The van der Waals surface area contributed by atoms with Gasteiger partial charge in [-0.2, -0.15) is 8.42 Å². The molecule has 1 unspecified atom stereocenters. The van der Waals surface area contributed by atoms with Gasteiger partial charge in [-0.05, 0) is 48.2 Å². The average molecular weight is 407 g/mol. The number of hydrogen-bond acceptors (Lipinski definition) is 6. The zero-order chi connectivity index (χ0) is 20.6. The molecule has 0 aliphatic heterocycles. The number of methoxy groups -OCH3 is 1. The first-order chi connectivity index (χ1) is 13.3. The number of carboxylic acids is 1. The van der Waals surface area contributed by atoms with Crippen molar-refractivity contribution in [2.24, 2.45) is 0 Å². The molecule has 0 spiro atoms. The number of anilines is 1. The van der Waals surface area contributed by atoms with Crippen LogP contribution in [-0.4, -0.2) is 39.4 Å². The van der Waals surface area contributed by atoms with E-state index in [-0.39, 0.29) is 6.42 Å². The molecule has 0 fully saturated rings. The Morgan fingerprint density at radius 1 is 1.11 bits per heavy atom. The van der Waals surface area contributed by atoms with Crippen molar-refractivity contribution in [1.29, 1.82) is 0 Å².